The molecule has 136 valence electrons. The van der Waals surface area contributed by atoms with E-state index in [1.807, 2.05) is 0 Å². The van der Waals surface area contributed by atoms with Crippen molar-refractivity contribution < 1.29 is 19.6 Å². The van der Waals surface area contributed by atoms with E-state index >= 15 is 0 Å². The molecule has 2 N–H and O–H groups in total. The van der Waals surface area contributed by atoms with Crippen LogP contribution in [0.5, 0.6) is 11.5 Å². The van der Waals surface area contributed by atoms with E-state index in [-0.39, 0.29) is 38.9 Å². The zero-order valence-corrected chi connectivity index (χ0v) is 15.9. The number of amides is 1. The van der Waals surface area contributed by atoms with Crippen molar-refractivity contribution in [2.24, 2.45) is 5.10 Å². The van der Waals surface area contributed by atoms with Gasteiger partial charge in [-0.3, -0.25) is 14.9 Å². The number of hydrazone groups is 1. The number of phenolic OH excluding ortho intramolecular Hbond substituents is 1. The summed E-state index contributed by atoms with van der Waals surface area (Å²) in [6, 6.07) is 6.80. The summed E-state index contributed by atoms with van der Waals surface area (Å²) >= 11 is 14.7. The maximum Gasteiger partial charge on any atom is 0.277 e. The molecule has 0 spiro atoms. The molecule has 0 aliphatic heterocycles. The van der Waals surface area contributed by atoms with Crippen molar-refractivity contribution in [2.75, 3.05) is 6.61 Å². The van der Waals surface area contributed by atoms with Gasteiger partial charge in [0.25, 0.3) is 11.6 Å². The molecule has 0 heterocycles. The van der Waals surface area contributed by atoms with Crippen molar-refractivity contribution in [3.8, 4) is 11.5 Å². The summed E-state index contributed by atoms with van der Waals surface area (Å²) < 4.78 is 5.35. The lowest BCUT2D eigenvalue weighted by Gasteiger charge is -2.07. The first-order valence-electron chi connectivity index (χ1n) is 6.84. The molecule has 0 radical (unpaired) electrons. The monoisotopic (exact) mass is 461 g/mol. The summed E-state index contributed by atoms with van der Waals surface area (Å²) in [7, 11) is 0. The Hall–Kier alpha value is -2.36. The van der Waals surface area contributed by atoms with E-state index in [9.17, 15) is 20.0 Å². The van der Waals surface area contributed by atoms with Gasteiger partial charge in [0.1, 0.15) is 11.5 Å². The van der Waals surface area contributed by atoms with Crippen LogP contribution < -0.4 is 10.2 Å². The number of halogens is 3. The highest BCUT2D eigenvalue weighted by Gasteiger charge is 2.13. The SMILES string of the molecule is O=C(COc1ccc(Cl)cc1Cl)N/N=C/c1cc([N+](=O)[O-])cc(Br)c1O. The van der Waals surface area contributed by atoms with Crippen LogP contribution in [-0.4, -0.2) is 28.8 Å². The van der Waals surface area contributed by atoms with E-state index in [1.165, 1.54) is 12.1 Å². The minimum Gasteiger partial charge on any atom is -0.506 e. The number of nitro groups is 1. The fourth-order valence-electron chi connectivity index (χ4n) is 1.75. The van der Waals surface area contributed by atoms with Crippen molar-refractivity contribution in [3.63, 3.8) is 0 Å². The van der Waals surface area contributed by atoms with Crippen molar-refractivity contribution in [1.29, 1.82) is 0 Å². The van der Waals surface area contributed by atoms with E-state index in [4.69, 9.17) is 27.9 Å². The molecule has 0 bridgehead atoms. The Morgan fingerprint density at radius 3 is 2.77 bits per heavy atom. The van der Waals surface area contributed by atoms with Crippen molar-refractivity contribution in [2.45, 2.75) is 0 Å². The van der Waals surface area contributed by atoms with Gasteiger partial charge >= 0.3 is 0 Å². The van der Waals surface area contributed by atoms with E-state index in [0.717, 1.165) is 18.3 Å². The quantitative estimate of drug-likeness (QED) is 0.384. The zero-order chi connectivity index (χ0) is 19.3. The number of benzene rings is 2. The lowest BCUT2D eigenvalue weighted by molar-refractivity contribution is -0.385. The Morgan fingerprint density at radius 2 is 2.12 bits per heavy atom. The molecule has 0 aromatic heterocycles. The van der Waals surface area contributed by atoms with Gasteiger partial charge in [-0.2, -0.15) is 5.10 Å². The van der Waals surface area contributed by atoms with Gasteiger partial charge < -0.3 is 9.84 Å². The van der Waals surface area contributed by atoms with Crippen molar-refractivity contribution in [3.05, 3.63) is 60.5 Å². The highest BCUT2D eigenvalue weighted by molar-refractivity contribution is 9.10. The number of rotatable bonds is 6. The number of non-ortho nitro benzene ring substituents is 1. The largest absolute Gasteiger partial charge is 0.506 e. The van der Waals surface area contributed by atoms with Gasteiger partial charge in [-0.05, 0) is 34.1 Å². The molecule has 0 unspecified atom stereocenters. The summed E-state index contributed by atoms with van der Waals surface area (Å²) in [5, 5.41) is 25.0. The van der Waals surface area contributed by atoms with Gasteiger partial charge in [0, 0.05) is 22.7 Å². The molecule has 0 atom stereocenters. The Morgan fingerprint density at radius 1 is 1.38 bits per heavy atom. The zero-order valence-electron chi connectivity index (χ0n) is 12.8. The minimum atomic E-state index is -0.621. The molecular formula is C15H10BrCl2N3O5. The van der Waals surface area contributed by atoms with Crippen LogP contribution in [0.4, 0.5) is 5.69 Å². The molecule has 2 aromatic rings. The number of hydrogen-bond donors (Lipinski definition) is 2. The second kappa shape index (κ2) is 8.84. The van der Waals surface area contributed by atoms with Crippen LogP contribution in [0.25, 0.3) is 0 Å². The summed E-state index contributed by atoms with van der Waals surface area (Å²) in [4.78, 5) is 21.9. The van der Waals surface area contributed by atoms with E-state index < -0.39 is 10.8 Å². The molecule has 2 rings (SSSR count). The Balaban J connectivity index is 1.97. The number of nitrogens with one attached hydrogen (secondary N) is 1. The highest BCUT2D eigenvalue weighted by Crippen LogP contribution is 2.31. The van der Waals surface area contributed by atoms with Crippen LogP contribution in [-0.2, 0) is 4.79 Å². The summed E-state index contributed by atoms with van der Waals surface area (Å²) in [5.74, 6) is -0.579. The standard InChI is InChI=1S/C15H10BrCl2N3O5/c16-11-5-10(21(24)25)3-8(15(11)23)6-19-20-14(22)7-26-13-2-1-9(17)4-12(13)18/h1-6,23H,7H2,(H,20,22)/b19-6+. The van der Waals surface area contributed by atoms with Crippen molar-refractivity contribution >= 4 is 56.9 Å². The average molecular weight is 463 g/mol. The number of aromatic hydroxyl groups is 1. The first-order valence-corrected chi connectivity index (χ1v) is 8.39. The number of carbonyl (C=O) groups excluding carboxylic acids is 1. The predicted molar refractivity (Wildman–Crippen MR) is 100 cm³/mol. The van der Waals surface area contributed by atoms with Crippen molar-refractivity contribution in [1.82, 2.24) is 5.43 Å². The predicted octanol–water partition coefficient (Wildman–Crippen LogP) is 3.90. The van der Waals surface area contributed by atoms with E-state index in [0.29, 0.717) is 5.02 Å². The van der Waals surface area contributed by atoms with Crippen LogP contribution >= 0.6 is 39.1 Å². The van der Waals surface area contributed by atoms with Crippen LogP contribution in [0, 0.1) is 10.1 Å². The molecule has 0 saturated heterocycles. The molecule has 11 heteroatoms. The molecule has 0 fully saturated rings. The molecule has 0 aliphatic rings. The van der Waals surface area contributed by atoms with Crippen LogP contribution in [0.15, 0.2) is 39.9 Å². The number of carbonyl (C=O) groups is 1. The molecule has 1 amide bonds. The average Bonchev–Trinajstić information content (AvgIpc) is 2.57. The van der Waals surface area contributed by atoms with Crippen LogP contribution in [0.3, 0.4) is 0 Å². The van der Waals surface area contributed by atoms with Gasteiger partial charge in [0.2, 0.25) is 0 Å². The highest BCUT2D eigenvalue weighted by atomic mass is 79.9. The molecule has 0 saturated carbocycles. The normalized spacial score (nSPS) is 10.7. The maximum absolute atomic E-state index is 11.7. The molecule has 8 nitrogen and oxygen atoms in total. The topological polar surface area (TPSA) is 114 Å². The van der Waals surface area contributed by atoms with Gasteiger partial charge in [-0.25, -0.2) is 5.43 Å². The lowest BCUT2D eigenvalue weighted by atomic mass is 10.2. The smallest absolute Gasteiger partial charge is 0.277 e. The van der Waals surface area contributed by atoms with Gasteiger partial charge in [0.05, 0.1) is 20.6 Å². The number of hydrogen-bond acceptors (Lipinski definition) is 6. The third kappa shape index (κ3) is 5.32. The number of nitrogens with zero attached hydrogens (tertiary/aromatic N) is 2. The third-order valence-electron chi connectivity index (χ3n) is 2.93. The number of nitro benzene ring substituents is 1. The second-order valence-electron chi connectivity index (χ2n) is 4.78. The summed E-state index contributed by atoms with van der Waals surface area (Å²) in [6.07, 6.45) is 1.07. The molecule has 26 heavy (non-hydrogen) atoms. The number of ether oxygens (including phenoxy) is 1. The fraction of sp³-hybridized carbons (Fsp3) is 0.0667. The molecule has 2 aromatic carbocycles. The van der Waals surface area contributed by atoms with Crippen LogP contribution in [0.1, 0.15) is 5.56 Å². The van der Waals surface area contributed by atoms with Gasteiger partial charge in [0.15, 0.2) is 6.61 Å². The van der Waals surface area contributed by atoms with Gasteiger partial charge in [-0.15, -0.1) is 0 Å². The van der Waals surface area contributed by atoms with E-state index in [2.05, 4.69) is 26.5 Å². The minimum absolute atomic E-state index is 0.0491. The molecule has 0 aliphatic carbocycles. The number of phenols is 1. The van der Waals surface area contributed by atoms with Crippen LogP contribution in [0.2, 0.25) is 10.0 Å². The first kappa shape index (κ1) is 20.0. The summed E-state index contributed by atoms with van der Waals surface area (Å²) in [6.45, 7) is -0.372. The first-order chi connectivity index (χ1) is 12.3. The Bertz CT molecular complexity index is 892. The maximum atomic E-state index is 11.7. The van der Waals surface area contributed by atoms with Gasteiger partial charge in [-0.1, -0.05) is 23.2 Å². The Kier molecular flexibility index (Phi) is 6.78. The third-order valence-corrected chi connectivity index (χ3v) is 4.07. The molecular weight excluding hydrogens is 453 g/mol. The second-order valence-corrected chi connectivity index (χ2v) is 6.48. The van der Waals surface area contributed by atoms with E-state index in [1.54, 1.807) is 6.07 Å². The lowest BCUT2D eigenvalue weighted by Crippen LogP contribution is -2.24. The Labute approximate surface area is 165 Å². The summed E-state index contributed by atoms with van der Waals surface area (Å²) in [5.41, 5.74) is 1.97. The fourth-order valence-corrected chi connectivity index (χ4v) is 2.68.